The first-order chi connectivity index (χ1) is 12.0. The molecule has 1 fully saturated rings. The van der Waals surface area contributed by atoms with Gasteiger partial charge < -0.3 is 21.3 Å². The number of carbonyl (C=O) groups excluding carboxylic acids is 2. The van der Waals surface area contributed by atoms with Gasteiger partial charge >= 0.3 is 6.03 Å². The van der Waals surface area contributed by atoms with Gasteiger partial charge in [0.1, 0.15) is 0 Å². The zero-order valence-electron chi connectivity index (χ0n) is 14.1. The Morgan fingerprint density at radius 1 is 1.28 bits per heavy atom. The van der Waals surface area contributed by atoms with E-state index in [1.54, 1.807) is 12.1 Å². The second-order valence-corrected chi connectivity index (χ2v) is 7.55. The molecule has 2 rings (SSSR count). The van der Waals surface area contributed by atoms with Gasteiger partial charge in [0.05, 0.1) is 10.7 Å². The van der Waals surface area contributed by atoms with Gasteiger partial charge in [-0.1, -0.05) is 27.5 Å². The third-order valence-corrected chi connectivity index (χ3v) is 5.16. The number of halogens is 2. The maximum absolute atomic E-state index is 11.9. The van der Waals surface area contributed by atoms with Crippen molar-refractivity contribution in [2.75, 3.05) is 31.5 Å². The molecule has 1 aliphatic heterocycles. The predicted molar refractivity (Wildman–Crippen MR) is 104 cm³/mol. The lowest BCUT2D eigenvalue weighted by atomic mass is 9.96. The third kappa shape index (κ3) is 6.84. The molecule has 0 radical (unpaired) electrons. The average Bonchev–Trinajstić information content (AvgIpc) is 2.57. The van der Waals surface area contributed by atoms with Crippen LogP contribution < -0.4 is 16.4 Å². The Hall–Kier alpha value is -1.31. The zero-order valence-corrected chi connectivity index (χ0v) is 16.4. The van der Waals surface area contributed by atoms with Crippen LogP contribution in [0.25, 0.3) is 0 Å². The van der Waals surface area contributed by atoms with Crippen molar-refractivity contribution >= 4 is 45.2 Å². The number of rotatable bonds is 7. The number of piperidine rings is 1. The molecule has 0 bridgehead atoms. The summed E-state index contributed by atoms with van der Waals surface area (Å²) in [5, 5.41) is 6.06. The number of nitrogens with one attached hydrogen (secondary N) is 2. The van der Waals surface area contributed by atoms with Gasteiger partial charge in [0, 0.05) is 16.9 Å². The van der Waals surface area contributed by atoms with Crippen LogP contribution in [-0.4, -0.2) is 43.0 Å². The fraction of sp³-hybridized carbons (Fsp3) is 0.529. The van der Waals surface area contributed by atoms with Crippen LogP contribution in [0.3, 0.4) is 0 Å². The van der Waals surface area contributed by atoms with E-state index in [0.29, 0.717) is 17.3 Å². The number of nitrogens with two attached hydrogens (primary N) is 1. The molecule has 0 unspecified atom stereocenters. The fourth-order valence-corrected chi connectivity index (χ4v) is 3.58. The van der Waals surface area contributed by atoms with Gasteiger partial charge in [0.2, 0.25) is 5.91 Å². The second-order valence-electron chi connectivity index (χ2n) is 6.23. The molecule has 138 valence electrons. The number of anilines is 1. The van der Waals surface area contributed by atoms with Crippen LogP contribution in [0.2, 0.25) is 5.02 Å². The van der Waals surface area contributed by atoms with Crippen molar-refractivity contribution in [3.05, 3.63) is 27.7 Å². The van der Waals surface area contributed by atoms with Crippen LogP contribution in [0.5, 0.6) is 0 Å². The molecule has 1 aromatic carbocycles. The Morgan fingerprint density at radius 2 is 2.00 bits per heavy atom. The van der Waals surface area contributed by atoms with Crippen LogP contribution >= 0.6 is 27.5 Å². The Labute approximate surface area is 161 Å². The Morgan fingerprint density at radius 3 is 2.64 bits per heavy atom. The van der Waals surface area contributed by atoms with E-state index in [0.717, 1.165) is 49.8 Å². The summed E-state index contributed by atoms with van der Waals surface area (Å²) in [4.78, 5) is 25.4. The Kier molecular flexibility index (Phi) is 7.99. The molecular formula is C17H24BrClN4O2. The molecule has 0 spiro atoms. The molecule has 0 aromatic heterocycles. The first kappa shape index (κ1) is 20.0. The summed E-state index contributed by atoms with van der Waals surface area (Å²) in [6.07, 6.45) is 3.60. The van der Waals surface area contributed by atoms with E-state index in [4.69, 9.17) is 17.3 Å². The number of carbonyl (C=O) groups is 2. The lowest BCUT2D eigenvalue weighted by Gasteiger charge is -2.30. The number of primary amides is 1. The molecule has 0 saturated carbocycles. The summed E-state index contributed by atoms with van der Waals surface area (Å²) >= 11 is 9.39. The number of benzene rings is 1. The molecule has 8 heteroatoms. The van der Waals surface area contributed by atoms with Gasteiger partial charge in [0.25, 0.3) is 0 Å². The molecule has 25 heavy (non-hydrogen) atoms. The highest BCUT2D eigenvalue weighted by Crippen LogP contribution is 2.25. The van der Waals surface area contributed by atoms with Crippen molar-refractivity contribution in [2.24, 2.45) is 11.7 Å². The average molecular weight is 432 g/mol. The maximum atomic E-state index is 11.9. The van der Waals surface area contributed by atoms with E-state index in [1.807, 2.05) is 6.07 Å². The van der Waals surface area contributed by atoms with Crippen molar-refractivity contribution < 1.29 is 9.59 Å². The summed E-state index contributed by atoms with van der Waals surface area (Å²) in [7, 11) is 0. The monoisotopic (exact) mass is 430 g/mol. The molecule has 3 amide bonds. The first-order valence-electron chi connectivity index (χ1n) is 8.47. The van der Waals surface area contributed by atoms with Crippen molar-refractivity contribution in [3.8, 4) is 0 Å². The van der Waals surface area contributed by atoms with Crippen LogP contribution in [0.4, 0.5) is 10.5 Å². The highest BCUT2D eigenvalue weighted by atomic mass is 79.9. The van der Waals surface area contributed by atoms with E-state index >= 15 is 0 Å². The molecule has 4 N–H and O–H groups in total. The minimum Gasteiger partial charge on any atom is -0.369 e. The second kappa shape index (κ2) is 9.99. The highest BCUT2D eigenvalue weighted by Gasteiger charge is 2.22. The number of likely N-dealkylation sites (tertiary alicyclic amines) is 1. The van der Waals surface area contributed by atoms with Crippen molar-refractivity contribution in [3.63, 3.8) is 0 Å². The summed E-state index contributed by atoms with van der Waals surface area (Å²) in [6, 6.07) is 5.05. The summed E-state index contributed by atoms with van der Waals surface area (Å²) in [6.45, 7) is 3.43. The van der Waals surface area contributed by atoms with E-state index < -0.39 is 0 Å². The van der Waals surface area contributed by atoms with Crippen LogP contribution in [0.15, 0.2) is 22.7 Å². The standard InChI is InChI=1S/C17H24BrClN4O2/c18-13-3-4-15(14(19)11-13)22-17(25)21-7-1-2-8-23-9-5-12(6-10-23)16(20)24/h3-4,11-12H,1-2,5-10H2,(H2,20,24)(H2,21,22,25). The maximum Gasteiger partial charge on any atom is 0.319 e. The van der Waals surface area contributed by atoms with Gasteiger partial charge in [-0.2, -0.15) is 0 Å². The topological polar surface area (TPSA) is 87.5 Å². The molecule has 6 nitrogen and oxygen atoms in total. The largest absolute Gasteiger partial charge is 0.369 e. The smallest absolute Gasteiger partial charge is 0.319 e. The van der Waals surface area contributed by atoms with E-state index in [2.05, 4.69) is 31.5 Å². The Balaban J connectivity index is 1.57. The van der Waals surface area contributed by atoms with E-state index in [9.17, 15) is 9.59 Å². The molecule has 1 saturated heterocycles. The molecular weight excluding hydrogens is 408 g/mol. The van der Waals surface area contributed by atoms with Gasteiger partial charge in [0.15, 0.2) is 0 Å². The molecule has 0 atom stereocenters. The van der Waals surface area contributed by atoms with Gasteiger partial charge in [-0.3, -0.25) is 4.79 Å². The number of hydrogen-bond acceptors (Lipinski definition) is 3. The van der Waals surface area contributed by atoms with Crippen molar-refractivity contribution in [1.29, 1.82) is 0 Å². The van der Waals surface area contributed by atoms with Gasteiger partial charge in [-0.05, 0) is 63.5 Å². The minimum atomic E-state index is -0.258. The summed E-state index contributed by atoms with van der Waals surface area (Å²) < 4.78 is 0.864. The normalized spacial score (nSPS) is 15.8. The molecule has 1 heterocycles. The minimum absolute atomic E-state index is 0.0343. The quantitative estimate of drug-likeness (QED) is 0.579. The van der Waals surface area contributed by atoms with E-state index in [1.165, 1.54) is 0 Å². The number of amides is 3. The summed E-state index contributed by atoms with van der Waals surface area (Å²) in [5.41, 5.74) is 5.92. The first-order valence-corrected chi connectivity index (χ1v) is 9.64. The predicted octanol–water partition coefficient (Wildman–Crippen LogP) is 3.20. The SMILES string of the molecule is NC(=O)C1CCN(CCCCNC(=O)Nc2ccc(Br)cc2Cl)CC1. The molecule has 1 aliphatic rings. The van der Waals surface area contributed by atoms with Crippen LogP contribution in [0.1, 0.15) is 25.7 Å². The van der Waals surface area contributed by atoms with E-state index in [-0.39, 0.29) is 17.9 Å². The van der Waals surface area contributed by atoms with Crippen molar-refractivity contribution in [1.82, 2.24) is 10.2 Å². The third-order valence-electron chi connectivity index (χ3n) is 4.36. The number of hydrogen-bond donors (Lipinski definition) is 3. The molecule has 0 aliphatic carbocycles. The summed E-state index contributed by atoms with van der Waals surface area (Å²) in [5.74, 6) is -0.146. The zero-order chi connectivity index (χ0) is 18.2. The lowest BCUT2D eigenvalue weighted by Crippen LogP contribution is -2.39. The van der Waals surface area contributed by atoms with Crippen LogP contribution in [-0.2, 0) is 4.79 Å². The lowest BCUT2D eigenvalue weighted by molar-refractivity contribution is -0.123. The van der Waals surface area contributed by atoms with Crippen molar-refractivity contribution in [2.45, 2.75) is 25.7 Å². The fourth-order valence-electron chi connectivity index (χ4n) is 2.86. The van der Waals surface area contributed by atoms with Gasteiger partial charge in [-0.25, -0.2) is 4.79 Å². The number of urea groups is 1. The number of unbranched alkanes of at least 4 members (excludes halogenated alkanes) is 1. The molecule has 1 aromatic rings. The van der Waals surface area contributed by atoms with Gasteiger partial charge in [-0.15, -0.1) is 0 Å². The Bertz CT molecular complexity index is 606. The highest BCUT2D eigenvalue weighted by molar-refractivity contribution is 9.10. The van der Waals surface area contributed by atoms with Crippen LogP contribution in [0, 0.1) is 5.92 Å². The number of nitrogens with zero attached hydrogens (tertiary/aromatic N) is 1.